The van der Waals surface area contributed by atoms with Gasteiger partial charge in [0.05, 0.1) is 26.9 Å². The van der Waals surface area contributed by atoms with Crippen molar-refractivity contribution >= 4 is 28.8 Å². The molecular weight excluding hydrogens is 488 g/mol. The Kier molecular flexibility index (Phi) is 10.4. The van der Waals surface area contributed by atoms with Crippen LogP contribution in [0, 0.1) is 25.2 Å². The summed E-state index contributed by atoms with van der Waals surface area (Å²) in [6.07, 6.45) is 9.80. The molecule has 2 aromatic carbocycles. The number of hydrogen-bond acceptors (Lipinski definition) is 6. The monoisotopic (exact) mass is 522 g/mol. The van der Waals surface area contributed by atoms with Gasteiger partial charge in [-0.2, -0.15) is 5.26 Å². The molecular formula is C32H34N4OS. The highest BCUT2D eigenvalue weighted by Gasteiger charge is 2.17. The largest absolute Gasteiger partial charge is 0.457 e. The van der Waals surface area contributed by atoms with Gasteiger partial charge in [0.1, 0.15) is 17.6 Å². The molecule has 1 heterocycles. The van der Waals surface area contributed by atoms with Crippen LogP contribution in [0.2, 0.25) is 0 Å². The normalized spacial score (nSPS) is 12.1. The molecule has 0 bridgehead atoms. The zero-order valence-electron chi connectivity index (χ0n) is 22.6. The number of nitrogens with zero attached hydrogens (tertiary/aromatic N) is 2. The van der Waals surface area contributed by atoms with Crippen molar-refractivity contribution in [1.82, 2.24) is 4.98 Å². The average Bonchev–Trinajstić information content (AvgIpc) is 2.92. The minimum absolute atomic E-state index is 0.478. The molecule has 0 saturated carbocycles. The predicted octanol–water partition coefficient (Wildman–Crippen LogP) is 9.18. The Morgan fingerprint density at radius 1 is 1.11 bits per heavy atom. The predicted molar refractivity (Wildman–Crippen MR) is 161 cm³/mol. The van der Waals surface area contributed by atoms with Gasteiger partial charge in [-0.1, -0.05) is 55.1 Å². The average molecular weight is 523 g/mol. The molecule has 0 radical (unpaired) electrons. The lowest BCUT2D eigenvalue weighted by atomic mass is 10.2. The number of allylic oxidation sites excluding steroid dienone is 5. The van der Waals surface area contributed by atoms with Gasteiger partial charge >= 0.3 is 0 Å². The van der Waals surface area contributed by atoms with Crippen molar-refractivity contribution in [3.8, 4) is 11.8 Å². The summed E-state index contributed by atoms with van der Waals surface area (Å²) in [5, 5.41) is 18.0. The number of thioether (sulfide) groups is 1. The Morgan fingerprint density at radius 3 is 2.39 bits per heavy atom. The lowest BCUT2D eigenvalue weighted by Gasteiger charge is -2.19. The van der Waals surface area contributed by atoms with Gasteiger partial charge in [0.2, 0.25) is 0 Å². The smallest absolute Gasteiger partial charge is 0.127 e. The molecule has 0 amide bonds. The fraction of sp³-hybridized carbons (Fsp3) is 0.188. The first-order valence-corrected chi connectivity index (χ1v) is 13.3. The summed E-state index contributed by atoms with van der Waals surface area (Å²) in [7, 11) is 0. The quantitative estimate of drug-likeness (QED) is 0.149. The zero-order chi connectivity index (χ0) is 27.5. The third-order valence-corrected chi connectivity index (χ3v) is 7.09. The van der Waals surface area contributed by atoms with E-state index in [9.17, 15) is 5.26 Å². The fourth-order valence-corrected chi connectivity index (χ4v) is 4.62. The Labute approximate surface area is 230 Å². The number of nitrogens with one attached hydrogen (secondary N) is 2. The summed E-state index contributed by atoms with van der Waals surface area (Å²) in [4.78, 5) is 5.42. The Hall–Kier alpha value is -4.21. The second-order valence-electron chi connectivity index (χ2n) is 8.69. The lowest BCUT2D eigenvalue weighted by molar-refractivity contribution is 0.444. The molecule has 0 saturated heterocycles. The molecule has 5 nitrogen and oxygen atoms in total. The van der Waals surface area contributed by atoms with Gasteiger partial charge in [-0.15, -0.1) is 0 Å². The van der Waals surface area contributed by atoms with E-state index >= 15 is 0 Å². The number of hydrogen-bond donors (Lipinski definition) is 2. The van der Waals surface area contributed by atoms with Crippen LogP contribution in [-0.4, -0.2) is 4.98 Å². The van der Waals surface area contributed by atoms with Crippen LogP contribution in [0.15, 0.2) is 107 Å². The minimum atomic E-state index is 0.478. The zero-order valence-corrected chi connectivity index (χ0v) is 23.4. The molecule has 0 aliphatic rings. The highest BCUT2D eigenvalue weighted by molar-refractivity contribution is 8.03. The second kappa shape index (κ2) is 13.9. The first-order chi connectivity index (χ1) is 18.4. The fourth-order valence-electron chi connectivity index (χ4n) is 3.46. The van der Waals surface area contributed by atoms with Gasteiger partial charge in [-0.3, -0.25) is 4.98 Å². The molecule has 0 aliphatic carbocycles. The first kappa shape index (κ1) is 28.4. The molecule has 0 unspecified atom stereocenters. The van der Waals surface area contributed by atoms with E-state index in [1.54, 1.807) is 24.0 Å². The van der Waals surface area contributed by atoms with Gasteiger partial charge in [-0.05, 0) is 88.2 Å². The minimum Gasteiger partial charge on any atom is -0.457 e. The molecule has 0 aliphatic heterocycles. The van der Waals surface area contributed by atoms with E-state index < -0.39 is 0 Å². The number of benzene rings is 2. The molecule has 3 aromatic rings. The molecule has 0 atom stereocenters. The van der Waals surface area contributed by atoms with Crippen LogP contribution in [0.3, 0.4) is 0 Å². The number of aromatic nitrogens is 1. The maximum absolute atomic E-state index is 9.90. The number of pyridine rings is 1. The summed E-state index contributed by atoms with van der Waals surface area (Å²) in [5.41, 5.74) is 6.33. The maximum atomic E-state index is 9.90. The SMILES string of the molecule is C=C/C=C(\C=C/C)Oc1ccc(Nc2c(C#N)cnc(C)c2SC(Nc2ccc(C)cc2)=C(C)CC)cc1. The van der Waals surface area contributed by atoms with E-state index in [0.29, 0.717) is 17.1 Å². The summed E-state index contributed by atoms with van der Waals surface area (Å²) in [5.74, 6) is 1.40. The number of ether oxygens (including phenoxy) is 1. The highest BCUT2D eigenvalue weighted by atomic mass is 32.2. The topological polar surface area (TPSA) is 70.0 Å². The molecule has 3 rings (SSSR count). The number of anilines is 3. The van der Waals surface area contributed by atoms with Crippen LogP contribution in [0.1, 0.15) is 44.0 Å². The molecule has 1 aromatic heterocycles. The van der Waals surface area contributed by atoms with Crippen molar-refractivity contribution in [2.24, 2.45) is 0 Å². The van der Waals surface area contributed by atoms with Gasteiger partial charge in [0.25, 0.3) is 0 Å². The highest BCUT2D eigenvalue weighted by Crippen LogP contribution is 2.40. The van der Waals surface area contributed by atoms with Gasteiger partial charge in [0.15, 0.2) is 0 Å². The van der Waals surface area contributed by atoms with Crippen LogP contribution in [-0.2, 0) is 0 Å². The van der Waals surface area contributed by atoms with E-state index in [0.717, 1.165) is 39.1 Å². The van der Waals surface area contributed by atoms with Gasteiger partial charge in [0, 0.05) is 17.6 Å². The molecule has 6 heteroatoms. The molecule has 0 spiro atoms. The Balaban J connectivity index is 1.93. The standard InChI is InChI=1S/C32H34N4OS/c1-7-10-28(11-8-2)37-29-18-16-26(17-19-29)35-30-25(20-33)21-34-24(6)31(30)38-32(23(5)9-3)36-27-14-12-22(4)13-15-27/h7-8,10-19,21,36H,1,9H2,2-6H3,(H,34,35)/b11-8-,28-10+,32-23?. The van der Waals surface area contributed by atoms with Crippen molar-refractivity contribution in [2.45, 2.75) is 45.9 Å². The van der Waals surface area contributed by atoms with Crippen molar-refractivity contribution < 1.29 is 4.74 Å². The van der Waals surface area contributed by atoms with Gasteiger partial charge in [-0.25, -0.2) is 0 Å². The third-order valence-electron chi connectivity index (χ3n) is 5.74. The Bertz CT molecular complexity index is 1400. The van der Waals surface area contributed by atoms with Crippen LogP contribution in [0.25, 0.3) is 0 Å². The maximum Gasteiger partial charge on any atom is 0.127 e. The van der Waals surface area contributed by atoms with Gasteiger partial charge < -0.3 is 15.4 Å². The Morgan fingerprint density at radius 2 is 1.79 bits per heavy atom. The van der Waals surface area contributed by atoms with Crippen LogP contribution in [0.5, 0.6) is 5.75 Å². The molecule has 38 heavy (non-hydrogen) atoms. The third kappa shape index (κ3) is 7.64. The number of nitriles is 1. The summed E-state index contributed by atoms with van der Waals surface area (Å²) in [6.45, 7) is 14.0. The van der Waals surface area contributed by atoms with E-state index in [1.165, 1.54) is 11.1 Å². The van der Waals surface area contributed by atoms with Crippen LogP contribution < -0.4 is 15.4 Å². The summed E-state index contributed by atoms with van der Waals surface area (Å²) < 4.78 is 5.94. The number of rotatable bonds is 11. The summed E-state index contributed by atoms with van der Waals surface area (Å²) in [6, 6.07) is 18.3. The van der Waals surface area contributed by atoms with Crippen molar-refractivity contribution in [3.05, 3.63) is 119 Å². The second-order valence-corrected chi connectivity index (χ2v) is 9.71. The van der Waals surface area contributed by atoms with Crippen molar-refractivity contribution in [3.63, 3.8) is 0 Å². The van der Waals surface area contributed by atoms with Crippen LogP contribution >= 0.6 is 11.8 Å². The molecule has 194 valence electrons. The van der Waals surface area contributed by atoms with E-state index in [1.807, 2.05) is 56.3 Å². The van der Waals surface area contributed by atoms with Crippen molar-refractivity contribution in [1.29, 1.82) is 5.26 Å². The van der Waals surface area contributed by atoms with E-state index in [4.69, 9.17) is 4.74 Å². The number of aryl methyl sites for hydroxylation is 2. The van der Waals surface area contributed by atoms with Crippen LogP contribution in [0.4, 0.5) is 17.1 Å². The molecule has 0 fully saturated rings. The van der Waals surface area contributed by atoms with E-state index in [2.05, 4.69) is 73.3 Å². The summed E-state index contributed by atoms with van der Waals surface area (Å²) >= 11 is 1.59. The molecule has 2 N–H and O–H groups in total. The van der Waals surface area contributed by atoms with E-state index in [-0.39, 0.29) is 0 Å². The van der Waals surface area contributed by atoms with Crippen molar-refractivity contribution in [2.75, 3.05) is 10.6 Å². The first-order valence-electron chi connectivity index (χ1n) is 12.5. The lowest BCUT2D eigenvalue weighted by Crippen LogP contribution is -2.04.